The van der Waals surface area contributed by atoms with Crippen molar-refractivity contribution >= 4 is 17.4 Å². The van der Waals surface area contributed by atoms with E-state index in [4.69, 9.17) is 14.2 Å². The van der Waals surface area contributed by atoms with Gasteiger partial charge in [-0.3, -0.25) is 5.10 Å². The Hall–Kier alpha value is -3.68. The molecular formula is C22H26N4O4. The first-order valence-corrected chi connectivity index (χ1v) is 9.50. The molecule has 3 N–H and O–H groups in total. The average molecular weight is 410 g/mol. The number of hydrogen-bond donors (Lipinski definition) is 3. The van der Waals surface area contributed by atoms with Crippen LogP contribution >= 0.6 is 0 Å². The molecule has 1 heterocycles. The van der Waals surface area contributed by atoms with E-state index in [2.05, 4.69) is 20.8 Å². The van der Waals surface area contributed by atoms with Gasteiger partial charge >= 0.3 is 6.03 Å². The number of anilines is 2. The highest BCUT2D eigenvalue weighted by Gasteiger charge is 2.15. The molecular weight excluding hydrogens is 384 g/mol. The zero-order chi connectivity index (χ0) is 21.5. The van der Waals surface area contributed by atoms with Crippen LogP contribution in [0.2, 0.25) is 0 Å². The molecule has 3 rings (SSSR count). The fraction of sp³-hybridized carbons (Fsp3) is 0.273. The molecule has 0 saturated carbocycles. The standard InChI is InChI=1S/C22H26N4O4/c1-14-21(19(26-25-14)11-7-15-5-8-16(28-2)9-6-15)24-22(27)23-18-12-10-17(29-3)13-20(18)30-4/h5-6,8-10,12-13H,7,11H2,1-4H3,(H,25,26)(H2,23,24,27). The van der Waals surface area contributed by atoms with Crippen LogP contribution < -0.4 is 24.8 Å². The first kappa shape index (κ1) is 21.0. The van der Waals surface area contributed by atoms with E-state index >= 15 is 0 Å². The maximum Gasteiger partial charge on any atom is 0.323 e. The minimum Gasteiger partial charge on any atom is -0.497 e. The Balaban J connectivity index is 1.66. The Bertz CT molecular complexity index is 999. The fourth-order valence-electron chi connectivity index (χ4n) is 3.05. The molecule has 0 atom stereocenters. The van der Waals surface area contributed by atoms with Gasteiger partial charge in [0.1, 0.15) is 17.2 Å². The maximum absolute atomic E-state index is 12.6. The van der Waals surface area contributed by atoms with E-state index in [0.717, 1.165) is 29.1 Å². The number of carbonyl (C=O) groups excluding carboxylic acids is 1. The Kier molecular flexibility index (Phi) is 6.79. The highest BCUT2D eigenvalue weighted by atomic mass is 16.5. The van der Waals surface area contributed by atoms with Gasteiger partial charge in [0.15, 0.2) is 0 Å². The second kappa shape index (κ2) is 9.69. The van der Waals surface area contributed by atoms with Crippen LogP contribution in [-0.2, 0) is 12.8 Å². The van der Waals surface area contributed by atoms with Crippen molar-refractivity contribution < 1.29 is 19.0 Å². The van der Waals surface area contributed by atoms with Crippen LogP contribution in [-0.4, -0.2) is 37.6 Å². The summed E-state index contributed by atoms with van der Waals surface area (Å²) in [7, 11) is 4.76. The molecule has 0 fully saturated rings. The highest BCUT2D eigenvalue weighted by Crippen LogP contribution is 2.29. The van der Waals surface area contributed by atoms with Gasteiger partial charge < -0.3 is 24.8 Å². The van der Waals surface area contributed by atoms with Crippen molar-refractivity contribution in [2.45, 2.75) is 19.8 Å². The number of nitrogens with one attached hydrogen (secondary N) is 3. The molecule has 0 spiro atoms. The van der Waals surface area contributed by atoms with Gasteiger partial charge in [-0.2, -0.15) is 5.10 Å². The van der Waals surface area contributed by atoms with E-state index in [-0.39, 0.29) is 6.03 Å². The molecule has 2 amide bonds. The Labute approximate surface area is 175 Å². The second-order valence-electron chi connectivity index (χ2n) is 6.66. The van der Waals surface area contributed by atoms with E-state index in [1.807, 2.05) is 31.2 Å². The number of aromatic amines is 1. The Morgan fingerprint density at radius 3 is 2.30 bits per heavy atom. The summed E-state index contributed by atoms with van der Waals surface area (Å²) in [4.78, 5) is 12.6. The summed E-state index contributed by atoms with van der Waals surface area (Å²) in [5.41, 5.74) is 3.96. The molecule has 0 saturated heterocycles. The quantitative estimate of drug-likeness (QED) is 0.518. The third-order valence-corrected chi connectivity index (χ3v) is 4.73. The normalized spacial score (nSPS) is 10.4. The predicted molar refractivity (Wildman–Crippen MR) is 116 cm³/mol. The largest absolute Gasteiger partial charge is 0.497 e. The first-order valence-electron chi connectivity index (χ1n) is 9.50. The van der Waals surface area contributed by atoms with Gasteiger partial charge in [-0.05, 0) is 49.6 Å². The summed E-state index contributed by atoms with van der Waals surface area (Å²) in [6, 6.07) is 12.7. The second-order valence-corrected chi connectivity index (χ2v) is 6.66. The number of nitrogens with zero attached hydrogens (tertiary/aromatic N) is 1. The smallest absolute Gasteiger partial charge is 0.323 e. The molecule has 1 aromatic heterocycles. The van der Waals surface area contributed by atoms with Crippen molar-refractivity contribution in [2.75, 3.05) is 32.0 Å². The summed E-state index contributed by atoms with van der Waals surface area (Å²) in [5, 5.41) is 13.0. The first-order chi connectivity index (χ1) is 14.5. The number of aryl methyl sites for hydroxylation is 3. The Morgan fingerprint density at radius 2 is 1.63 bits per heavy atom. The summed E-state index contributed by atoms with van der Waals surface area (Å²) >= 11 is 0. The molecule has 158 valence electrons. The number of amides is 2. The van der Waals surface area contributed by atoms with Crippen molar-refractivity contribution in [3.05, 3.63) is 59.4 Å². The van der Waals surface area contributed by atoms with E-state index in [0.29, 0.717) is 29.3 Å². The topological polar surface area (TPSA) is 97.5 Å². The summed E-state index contributed by atoms with van der Waals surface area (Å²) in [5.74, 6) is 1.97. The van der Waals surface area contributed by atoms with Crippen LogP contribution in [0, 0.1) is 6.92 Å². The van der Waals surface area contributed by atoms with Gasteiger partial charge in [0, 0.05) is 6.07 Å². The van der Waals surface area contributed by atoms with Crippen molar-refractivity contribution in [3.8, 4) is 17.2 Å². The lowest BCUT2D eigenvalue weighted by Gasteiger charge is -2.13. The number of hydrogen-bond acceptors (Lipinski definition) is 5. The number of ether oxygens (including phenoxy) is 3. The number of carbonyl (C=O) groups is 1. The number of rotatable bonds is 8. The lowest BCUT2D eigenvalue weighted by Crippen LogP contribution is -2.21. The monoisotopic (exact) mass is 410 g/mol. The van der Waals surface area contributed by atoms with Gasteiger partial charge in [-0.1, -0.05) is 12.1 Å². The molecule has 30 heavy (non-hydrogen) atoms. The van der Waals surface area contributed by atoms with Gasteiger partial charge in [-0.25, -0.2) is 4.79 Å². The number of benzene rings is 2. The number of methoxy groups -OCH3 is 3. The molecule has 3 aromatic rings. The molecule has 8 heteroatoms. The molecule has 2 aromatic carbocycles. The lowest BCUT2D eigenvalue weighted by molar-refractivity contribution is 0.262. The zero-order valence-electron chi connectivity index (χ0n) is 17.5. The van der Waals surface area contributed by atoms with Crippen molar-refractivity contribution in [3.63, 3.8) is 0 Å². The lowest BCUT2D eigenvalue weighted by atomic mass is 10.1. The van der Waals surface area contributed by atoms with E-state index in [9.17, 15) is 4.79 Å². The van der Waals surface area contributed by atoms with Crippen LogP contribution in [0.5, 0.6) is 17.2 Å². The van der Waals surface area contributed by atoms with E-state index < -0.39 is 0 Å². The molecule has 0 radical (unpaired) electrons. The zero-order valence-corrected chi connectivity index (χ0v) is 17.5. The molecule has 0 unspecified atom stereocenters. The average Bonchev–Trinajstić information content (AvgIpc) is 3.12. The molecule has 0 aliphatic carbocycles. The third-order valence-electron chi connectivity index (χ3n) is 4.73. The van der Waals surface area contributed by atoms with Crippen molar-refractivity contribution in [2.24, 2.45) is 0 Å². The SMILES string of the molecule is COc1ccc(CCc2n[nH]c(C)c2NC(=O)Nc2ccc(OC)cc2OC)cc1. The number of urea groups is 1. The number of aromatic nitrogens is 2. The molecule has 0 bridgehead atoms. The van der Waals surface area contributed by atoms with Crippen LogP contribution in [0.25, 0.3) is 0 Å². The summed E-state index contributed by atoms with van der Waals surface area (Å²) < 4.78 is 15.7. The van der Waals surface area contributed by atoms with Gasteiger partial charge in [0.05, 0.1) is 44.1 Å². The van der Waals surface area contributed by atoms with E-state index in [1.54, 1.807) is 32.4 Å². The maximum atomic E-state index is 12.6. The highest BCUT2D eigenvalue weighted by molar-refractivity contribution is 6.01. The van der Waals surface area contributed by atoms with Crippen LogP contribution in [0.1, 0.15) is 17.0 Å². The summed E-state index contributed by atoms with van der Waals surface area (Å²) in [6.07, 6.45) is 1.47. The van der Waals surface area contributed by atoms with Crippen molar-refractivity contribution in [1.29, 1.82) is 0 Å². The minimum absolute atomic E-state index is 0.381. The third kappa shape index (κ3) is 5.02. The number of H-pyrrole nitrogens is 1. The molecule has 8 nitrogen and oxygen atoms in total. The predicted octanol–water partition coefficient (Wildman–Crippen LogP) is 4.17. The molecule has 0 aliphatic heterocycles. The van der Waals surface area contributed by atoms with Crippen LogP contribution in [0.15, 0.2) is 42.5 Å². The minimum atomic E-state index is -0.381. The van der Waals surface area contributed by atoms with E-state index in [1.165, 1.54) is 7.11 Å². The van der Waals surface area contributed by atoms with Gasteiger partial charge in [0.2, 0.25) is 0 Å². The summed E-state index contributed by atoms with van der Waals surface area (Å²) in [6.45, 7) is 1.87. The van der Waals surface area contributed by atoms with Crippen molar-refractivity contribution in [1.82, 2.24) is 10.2 Å². The van der Waals surface area contributed by atoms with Crippen LogP contribution in [0.4, 0.5) is 16.2 Å². The molecule has 0 aliphatic rings. The van der Waals surface area contributed by atoms with Gasteiger partial charge in [-0.15, -0.1) is 0 Å². The van der Waals surface area contributed by atoms with Crippen LogP contribution in [0.3, 0.4) is 0 Å². The fourth-order valence-corrected chi connectivity index (χ4v) is 3.05. The van der Waals surface area contributed by atoms with Gasteiger partial charge in [0.25, 0.3) is 0 Å². The Morgan fingerprint density at radius 1 is 0.933 bits per heavy atom.